The van der Waals surface area contributed by atoms with E-state index in [1.807, 2.05) is 30.3 Å². The predicted octanol–water partition coefficient (Wildman–Crippen LogP) is 5.30. The quantitative estimate of drug-likeness (QED) is 0.451. The van der Waals surface area contributed by atoms with Crippen molar-refractivity contribution in [2.45, 2.75) is 0 Å². The van der Waals surface area contributed by atoms with Crippen molar-refractivity contribution < 1.29 is 9.59 Å². The molecule has 0 aliphatic carbocycles. The lowest BCUT2D eigenvalue weighted by Gasteiger charge is -2.12. The van der Waals surface area contributed by atoms with Crippen LogP contribution in [0.25, 0.3) is 11.4 Å². The van der Waals surface area contributed by atoms with Gasteiger partial charge in [-0.2, -0.15) is 0 Å². The summed E-state index contributed by atoms with van der Waals surface area (Å²) in [6, 6.07) is 23.0. The zero-order valence-corrected chi connectivity index (χ0v) is 17.0. The van der Waals surface area contributed by atoms with Gasteiger partial charge in [0.1, 0.15) is 0 Å². The molecule has 0 saturated heterocycles. The second-order valence-corrected chi connectivity index (χ2v) is 7.06. The van der Waals surface area contributed by atoms with Gasteiger partial charge in [0.2, 0.25) is 0 Å². The van der Waals surface area contributed by atoms with Crippen LogP contribution in [0.4, 0.5) is 11.4 Å². The van der Waals surface area contributed by atoms with Crippen LogP contribution in [0.5, 0.6) is 0 Å². The van der Waals surface area contributed by atoms with Crippen molar-refractivity contribution in [1.82, 2.24) is 9.97 Å². The average molecular weight is 429 g/mol. The Hall–Kier alpha value is -4.03. The van der Waals surface area contributed by atoms with Crippen molar-refractivity contribution >= 4 is 34.8 Å². The fraction of sp³-hybridized carbons (Fsp3) is 0. The van der Waals surface area contributed by atoms with Crippen LogP contribution in [0.15, 0.2) is 91.3 Å². The molecule has 0 saturated carbocycles. The molecule has 1 aromatic heterocycles. The van der Waals surface area contributed by atoms with E-state index in [-0.39, 0.29) is 11.8 Å². The van der Waals surface area contributed by atoms with Crippen LogP contribution in [-0.2, 0) is 0 Å². The number of rotatable bonds is 5. The molecule has 4 rings (SSSR count). The number of para-hydroxylation sites is 2. The highest BCUT2D eigenvalue weighted by Crippen LogP contribution is 2.23. The minimum Gasteiger partial charge on any atom is -0.320 e. The molecule has 0 bridgehead atoms. The molecule has 4 aromatic rings. The molecular weight excluding hydrogens is 412 g/mol. The molecule has 7 heteroatoms. The van der Waals surface area contributed by atoms with E-state index >= 15 is 0 Å². The second-order valence-electron chi connectivity index (χ2n) is 6.62. The van der Waals surface area contributed by atoms with Gasteiger partial charge in [-0.15, -0.1) is 0 Å². The maximum absolute atomic E-state index is 12.7. The molecule has 0 spiro atoms. The first-order valence-electron chi connectivity index (χ1n) is 9.45. The summed E-state index contributed by atoms with van der Waals surface area (Å²) in [4.78, 5) is 33.8. The molecule has 31 heavy (non-hydrogen) atoms. The fourth-order valence-corrected chi connectivity index (χ4v) is 3.00. The van der Waals surface area contributed by atoms with Gasteiger partial charge < -0.3 is 10.6 Å². The van der Waals surface area contributed by atoms with Crippen molar-refractivity contribution in [3.63, 3.8) is 0 Å². The van der Waals surface area contributed by atoms with Crippen LogP contribution in [0.1, 0.15) is 20.7 Å². The molecule has 1 heterocycles. The zero-order valence-electron chi connectivity index (χ0n) is 16.2. The summed E-state index contributed by atoms with van der Waals surface area (Å²) >= 11 is 5.87. The monoisotopic (exact) mass is 428 g/mol. The Morgan fingerprint density at radius 3 is 1.74 bits per heavy atom. The third-order valence-corrected chi connectivity index (χ3v) is 4.73. The van der Waals surface area contributed by atoms with E-state index in [1.165, 1.54) is 12.4 Å². The third kappa shape index (κ3) is 4.94. The van der Waals surface area contributed by atoms with Gasteiger partial charge >= 0.3 is 0 Å². The van der Waals surface area contributed by atoms with Crippen LogP contribution < -0.4 is 10.6 Å². The normalized spacial score (nSPS) is 10.4. The molecule has 2 amide bonds. The summed E-state index contributed by atoms with van der Waals surface area (Å²) in [6.45, 7) is 0. The third-order valence-electron chi connectivity index (χ3n) is 4.48. The Morgan fingerprint density at radius 1 is 0.645 bits per heavy atom. The van der Waals surface area contributed by atoms with E-state index < -0.39 is 0 Å². The van der Waals surface area contributed by atoms with Crippen molar-refractivity contribution in [2.24, 2.45) is 0 Å². The molecule has 0 fully saturated rings. The van der Waals surface area contributed by atoms with Crippen molar-refractivity contribution in [3.8, 4) is 11.4 Å². The number of hydrogen-bond acceptors (Lipinski definition) is 4. The molecule has 0 atom stereocenters. The maximum Gasteiger partial charge on any atom is 0.258 e. The van der Waals surface area contributed by atoms with Gasteiger partial charge in [0, 0.05) is 28.5 Å². The van der Waals surface area contributed by atoms with E-state index in [4.69, 9.17) is 11.6 Å². The zero-order chi connectivity index (χ0) is 21.6. The molecule has 2 N–H and O–H groups in total. The summed E-state index contributed by atoms with van der Waals surface area (Å²) in [5.74, 6) is -0.158. The summed E-state index contributed by atoms with van der Waals surface area (Å²) in [6.07, 6.45) is 2.94. The van der Waals surface area contributed by atoms with Crippen LogP contribution in [-0.4, -0.2) is 21.8 Å². The number of nitrogens with zero attached hydrogens (tertiary/aromatic N) is 2. The fourth-order valence-electron chi connectivity index (χ4n) is 2.87. The number of halogens is 1. The standard InChI is InChI=1S/C24H17ClN4O2/c25-19-12-10-17(11-13-19)23(30)28-20-8-4-5-9-21(20)29-24(31)18-14-26-22(27-15-18)16-6-2-1-3-7-16/h1-15H,(H,28,30)(H,29,31). The van der Waals surface area contributed by atoms with E-state index in [1.54, 1.807) is 48.5 Å². The van der Waals surface area contributed by atoms with Gasteiger partial charge in [-0.1, -0.05) is 54.1 Å². The van der Waals surface area contributed by atoms with E-state index in [0.717, 1.165) is 5.56 Å². The van der Waals surface area contributed by atoms with Crippen molar-refractivity contribution in [1.29, 1.82) is 0 Å². The predicted molar refractivity (Wildman–Crippen MR) is 121 cm³/mol. The minimum absolute atomic E-state index is 0.304. The van der Waals surface area contributed by atoms with Gasteiger partial charge in [0.25, 0.3) is 11.8 Å². The summed E-state index contributed by atoms with van der Waals surface area (Å²) in [7, 11) is 0. The van der Waals surface area contributed by atoms with Crippen LogP contribution >= 0.6 is 11.6 Å². The van der Waals surface area contributed by atoms with Crippen molar-refractivity contribution in [3.05, 3.63) is 107 Å². The minimum atomic E-state index is -0.382. The number of benzene rings is 3. The summed E-state index contributed by atoms with van der Waals surface area (Å²) < 4.78 is 0. The van der Waals surface area contributed by atoms with Crippen LogP contribution in [0.2, 0.25) is 5.02 Å². The molecule has 3 aromatic carbocycles. The lowest BCUT2D eigenvalue weighted by atomic mass is 10.2. The largest absolute Gasteiger partial charge is 0.320 e. The number of anilines is 2. The van der Waals surface area contributed by atoms with Gasteiger partial charge in [0.05, 0.1) is 16.9 Å². The number of hydrogen-bond donors (Lipinski definition) is 2. The number of nitrogens with one attached hydrogen (secondary N) is 2. The Bertz CT molecular complexity index is 1210. The highest BCUT2D eigenvalue weighted by Gasteiger charge is 2.13. The first-order chi connectivity index (χ1) is 15.1. The topological polar surface area (TPSA) is 84.0 Å². The van der Waals surface area contributed by atoms with Crippen molar-refractivity contribution in [2.75, 3.05) is 10.6 Å². The average Bonchev–Trinajstić information content (AvgIpc) is 2.81. The smallest absolute Gasteiger partial charge is 0.258 e. The Kier molecular flexibility index (Phi) is 6.01. The Morgan fingerprint density at radius 2 is 1.16 bits per heavy atom. The molecule has 0 aliphatic heterocycles. The SMILES string of the molecule is O=C(Nc1ccccc1NC(=O)c1cnc(-c2ccccc2)nc1)c1ccc(Cl)cc1. The van der Waals surface area contributed by atoms with Gasteiger partial charge in [-0.05, 0) is 36.4 Å². The van der Waals surface area contributed by atoms with Crippen LogP contribution in [0, 0.1) is 0 Å². The van der Waals surface area contributed by atoms with Crippen LogP contribution in [0.3, 0.4) is 0 Å². The number of amides is 2. The maximum atomic E-state index is 12.7. The highest BCUT2D eigenvalue weighted by molar-refractivity contribution is 6.30. The molecule has 0 unspecified atom stereocenters. The Labute approximate surface area is 183 Å². The van der Waals surface area contributed by atoms with E-state index in [9.17, 15) is 9.59 Å². The molecular formula is C24H17ClN4O2. The number of carbonyl (C=O) groups is 2. The van der Waals surface area contributed by atoms with Gasteiger partial charge in [-0.3, -0.25) is 9.59 Å². The molecule has 0 radical (unpaired) electrons. The lowest BCUT2D eigenvalue weighted by molar-refractivity contribution is 0.101. The van der Waals surface area contributed by atoms with E-state index in [0.29, 0.717) is 33.3 Å². The first-order valence-corrected chi connectivity index (χ1v) is 9.83. The van der Waals surface area contributed by atoms with Gasteiger partial charge in [-0.25, -0.2) is 9.97 Å². The lowest BCUT2D eigenvalue weighted by Crippen LogP contribution is -2.17. The second kappa shape index (κ2) is 9.19. The number of aromatic nitrogens is 2. The first kappa shape index (κ1) is 20.3. The van der Waals surface area contributed by atoms with Gasteiger partial charge in [0.15, 0.2) is 5.82 Å². The molecule has 6 nitrogen and oxygen atoms in total. The molecule has 152 valence electrons. The highest BCUT2D eigenvalue weighted by atomic mass is 35.5. The Balaban J connectivity index is 1.49. The van der Waals surface area contributed by atoms with E-state index in [2.05, 4.69) is 20.6 Å². The number of carbonyl (C=O) groups excluding carboxylic acids is 2. The summed E-state index contributed by atoms with van der Waals surface area (Å²) in [5, 5.41) is 6.15. The summed E-state index contributed by atoms with van der Waals surface area (Å²) in [5.41, 5.74) is 2.55. The molecule has 0 aliphatic rings.